The van der Waals surface area contributed by atoms with E-state index in [1.54, 1.807) is 31.4 Å². The highest BCUT2D eigenvalue weighted by molar-refractivity contribution is 6.04. The van der Waals surface area contributed by atoms with E-state index in [0.29, 0.717) is 36.8 Å². The third-order valence-corrected chi connectivity index (χ3v) is 4.24. The summed E-state index contributed by atoms with van der Waals surface area (Å²) in [4.78, 5) is 12.4. The van der Waals surface area contributed by atoms with E-state index in [0.717, 1.165) is 25.2 Å². The summed E-state index contributed by atoms with van der Waals surface area (Å²) in [5.41, 5.74) is 1.28. The van der Waals surface area contributed by atoms with E-state index < -0.39 is 0 Å². The minimum Gasteiger partial charge on any atom is -0.491 e. The van der Waals surface area contributed by atoms with Crippen LogP contribution in [0.15, 0.2) is 48.5 Å². The van der Waals surface area contributed by atoms with Gasteiger partial charge in [-0.15, -0.1) is 0 Å². The van der Waals surface area contributed by atoms with Gasteiger partial charge in [-0.05, 0) is 61.4 Å². The van der Waals surface area contributed by atoms with E-state index in [2.05, 4.69) is 5.32 Å². The molecule has 1 amide bonds. The monoisotopic (exact) mass is 371 g/mol. The van der Waals surface area contributed by atoms with Crippen LogP contribution in [0.3, 0.4) is 0 Å². The minimum atomic E-state index is -0.175. The Labute approximate surface area is 159 Å². The number of hydrogen-bond donors (Lipinski definition) is 1. The van der Waals surface area contributed by atoms with E-state index >= 15 is 0 Å². The molecule has 2 aromatic rings. The van der Waals surface area contributed by atoms with Gasteiger partial charge < -0.3 is 24.3 Å². The van der Waals surface area contributed by atoms with Crippen LogP contribution in [0.1, 0.15) is 23.2 Å². The molecule has 144 valence electrons. The lowest BCUT2D eigenvalue weighted by molar-refractivity contribution is 0.0679. The van der Waals surface area contributed by atoms with Gasteiger partial charge in [0.2, 0.25) is 0 Å². The summed E-state index contributed by atoms with van der Waals surface area (Å²) < 4.78 is 21.7. The first kappa shape index (κ1) is 19.2. The van der Waals surface area contributed by atoms with Gasteiger partial charge in [0, 0.05) is 25.0 Å². The molecule has 1 unspecified atom stereocenters. The molecule has 6 heteroatoms. The maximum atomic E-state index is 12.4. The largest absolute Gasteiger partial charge is 0.491 e. The topological polar surface area (TPSA) is 66.0 Å². The Morgan fingerprint density at radius 3 is 2.41 bits per heavy atom. The van der Waals surface area contributed by atoms with Crippen molar-refractivity contribution in [3.63, 3.8) is 0 Å². The second-order valence-corrected chi connectivity index (χ2v) is 6.29. The van der Waals surface area contributed by atoms with Crippen molar-refractivity contribution in [2.75, 3.05) is 38.9 Å². The van der Waals surface area contributed by atoms with Crippen molar-refractivity contribution in [2.45, 2.75) is 18.9 Å². The predicted octanol–water partition coefficient (Wildman–Crippen LogP) is 3.52. The summed E-state index contributed by atoms with van der Waals surface area (Å²) >= 11 is 0. The molecule has 2 aromatic carbocycles. The van der Waals surface area contributed by atoms with Gasteiger partial charge in [0.25, 0.3) is 5.91 Å². The van der Waals surface area contributed by atoms with Gasteiger partial charge in [-0.2, -0.15) is 0 Å². The van der Waals surface area contributed by atoms with Crippen LogP contribution in [0.2, 0.25) is 0 Å². The molecular weight excluding hydrogens is 346 g/mol. The van der Waals surface area contributed by atoms with E-state index in [4.69, 9.17) is 18.9 Å². The van der Waals surface area contributed by atoms with Crippen molar-refractivity contribution < 1.29 is 23.7 Å². The first-order valence-electron chi connectivity index (χ1n) is 9.12. The molecule has 1 heterocycles. The Morgan fingerprint density at radius 2 is 1.74 bits per heavy atom. The molecular formula is C21H25NO5. The molecule has 0 spiro atoms. The van der Waals surface area contributed by atoms with Gasteiger partial charge in [-0.25, -0.2) is 0 Å². The number of nitrogens with one attached hydrogen (secondary N) is 1. The van der Waals surface area contributed by atoms with Crippen molar-refractivity contribution >= 4 is 11.6 Å². The van der Waals surface area contributed by atoms with Crippen LogP contribution >= 0.6 is 0 Å². The number of ether oxygens (including phenoxy) is 4. The van der Waals surface area contributed by atoms with Crippen LogP contribution in [-0.2, 0) is 9.47 Å². The molecule has 0 bridgehead atoms. The Balaban J connectivity index is 1.48. The summed E-state index contributed by atoms with van der Waals surface area (Å²) in [6.07, 6.45) is 2.33. The Morgan fingerprint density at radius 1 is 1.04 bits per heavy atom. The van der Waals surface area contributed by atoms with Gasteiger partial charge in [0.1, 0.15) is 24.7 Å². The molecule has 1 aliphatic heterocycles. The normalized spacial score (nSPS) is 16.1. The summed E-state index contributed by atoms with van der Waals surface area (Å²) in [6, 6.07) is 14.3. The van der Waals surface area contributed by atoms with Gasteiger partial charge >= 0.3 is 0 Å². The van der Waals surface area contributed by atoms with Crippen LogP contribution in [0, 0.1) is 0 Å². The molecule has 0 aliphatic carbocycles. The standard InChI is InChI=1S/C21H25NO5/c1-24-13-14-26-18-8-4-16(5-9-18)21(23)22-17-6-10-19(11-7-17)27-15-20-3-2-12-25-20/h4-11,20H,2-3,12-15H2,1H3,(H,22,23). The summed E-state index contributed by atoms with van der Waals surface area (Å²) in [5, 5.41) is 2.87. The van der Waals surface area contributed by atoms with Crippen LogP contribution < -0.4 is 14.8 Å². The highest BCUT2D eigenvalue weighted by atomic mass is 16.5. The zero-order valence-corrected chi connectivity index (χ0v) is 15.5. The van der Waals surface area contributed by atoms with E-state index in [-0.39, 0.29) is 12.0 Å². The van der Waals surface area contributed by atoms with Crippen LogP contribution in [-0.4, -0.2) is 45.5 Å². The Hall–Kier alpha value is -2.57. The molecule has 1 N–H and O–H groups in total. The third kappa shape index (κ3) is 5.98. The van der Waals surface area contributed by atoms with E-state index in [9.17, 15) is 4.79 Å². The van der Waals surface area contributed by atoms with Crippen molar-refractivity contribution in [3.05, 3.63) is 54.1 Å². The number of carbonyl (C=O) groups is 1. The third-order valence-electron chi connectivity index (χ3n) is 4.24. The molecule has 0 aromatic heterocycles. The van der Waals surface area contributed by atoms with Crippen molar-refractivity contribution in [3.8, 4) is 11.5 Å². The van der Waals surface area contributed by atoms with Gasteiger partial charge in [0.15, 0.2) is 0 Å². The fraction of sp³-hybridized carbons (Fsp3) is 0.381. The number of amides is 1. The van der Waals surface area contributed by atoms with Crippen LogP contribution in [0.5, 0.6) is 11.5 Å². The lowest BCUT2D eigenvalue weighted by Gasteiger charge is -2.12. The Bertz CT molecular complexity index is 708. The van der Waals surface area contributed by atoms with Crippen molar-refractivity contribution in [1.82, 2.24) is 0 Å². The van der Waals surface area contributed by atoms with Crippen molar-refractivity contribution in [2.24, 2.45) is 0 Å². The first-order valence-corrected chi connectivity index (χ1v) is 9.12. The minimum absolute atomic E-state index is 0.175. The van der Waals surface area contributed by atoms with E-state index in [1.807, 2.05) is 24.3 Å². The second kappa shape index (κ2) is 9.94. The summed E-state index contributed by atoms with van der Waals surface area (Å²) in [5.74, 6) is 1.30. The average Bonchev–Trinajstić information content (AvgIpc) is 3.22. The quantitative estimate of drug-likeness (QED) is 0.683. The zero-order valence-electron chi connectivity index (χ0n) is 15.5. The Kier molecular flexibility index (Phi) is 7.07. The number of benzene rings is 2. The number of rotatable bonds is 9. The molecule has 1 aliphatic rings. The van der Waals surface area contributed by atoms with Crippen molar-refractivity contribution in [1.29, 1.82) is 0 Å². The average molecular weight is 371 g/mol. The lowest BCUT2D eigenvalue weighted by Crippen LogP contribution is -2.16. The molecule has 0 radical (unpaired) electrons. The fourth-order valence-electron chi connectivity index (χ4n) is 2.75. The predicted molar refractivity (Wildman–Crippen MR) is 103 cm³/mol. The maximum Gasteiger partial charge on any atom is 0.255 e. The highest BCUT2D eigenvalue weighted by Gasteiger charge is 2.16. The summed E-state index contributed by atoms with van der Waals surface area (Å²) in [6.45, 7) is 2.38. The molecule has 1 saturated heterocycles. The fourth-order valence-corrected chi connectivity index (χ4v) is 2.75. The maximum absolute atomic E-state index is 12.4. The van der Waals surface area contributed by atoms with Gasteiger partial charge in [-0.3, -0.25) is 4.79 Å². The second-order valence-electron chi connectivity index (χ2n) is 6.29. The molecule has 1 fully saturated rings. The molecule has 1 atom stereocenters. The summed E-state index contributed by atoms with van der Waals surface area (Å²) in [7, 11) is 1.62. The number of carbonyl (C=O) groups excluding carboxylic acids is 1. The molecule has 3 rings (SSSR count). The van der Waals surface area contributed by atoms with Gasteiger partial charge in [0.05, 0.1) is 12.7 Å². The lowest BCUT2D eigenvalue weighted by atomic mass is 10.2. The van der Waals surface area contributed by atoms with Crippen LogP contribution in [0.25, 0.3) is 0 Å². The number of hydrogen-bond acceptors (Lipinski definition) is 5. The zero-order chi connectivity index (χ0) is 18.9. The van der Waals surface area contributed by atoms with E-state index in [1.165, 1.54) is 0 Å². The first-order chi connectivity index (χ1) is 13.2. The molecule has 27 heavy (non-hydrogen) atoms. The number of methoxy groups -OCH3 is 1. The SMILES string of the molecule is COCCOc1ccc(C(=O)Nc2ccc(OCC3CCCO3)cc2)cc1. The van der Waals surface area contributed by atoms with Gasteiger partial charge in [-0.1, -0.05) is 0 Å². The molecule has 6 nitrogen and oxygen atoms in total. The number of anilines is 1. The molecule has 0 saturated carbocycles. The van der Waals surface area contributed by atoms with Crippen LogP contribution in [0.4, 0.5) is 5.69 Å². The smallest absolute Gasteiger partial charge is 0.255 e. The highest BCUT2D eigenvalue weighted by Crippen LogP contribution is 2.19.